The van der Waals surface area contributed by atoms with Gasteiger partial charge in [0.25, 0.3) is 29.5 Å². The first kappa shape index (κ1) is 111. The Balaban J connectivity index is 0.000000183. The molecule has 760 valence electrons. The summed E-state index contributed by atoms with van der Waals surface area (Å²) in [5, 5.41) is 15.6. The molecule has 0 saturated heterocycles. The number of nitrogens with zero attached hydrogens (tertiary/aromatic N) is 11. The van der Waals surface area contributed by atoms with Gasteiger partial charge in [0.2, 0.25) is 32.1 Å². The van der Waals surface area contributed by atoms with Crippen LogP contribution in [0.3, 0.4) is 0 Å². The van der Waals surface area contributed by atoms with Crippen molar-refractivity contribution in [3.8, 4) is 143 Å². The summed E-state index contributed by atoms with van der Waals surface area (Å²) in [5.74, 6) is 10.7. The van der Waals surface area contributed by atoms with Gasteiger partial charge < -0.3 is 76.0 Å². The number of aryl methyl sites for hydroxylation is 10. The molecule has 0 aliphatic heterocycles. The molecule has 6 amide bonds. The zero-order valence-corrected chi connectivity index (χ0v) is 88.0. The topological polar surface area (TPSA) is 433 Å². The van der Waals surface area contributed by atoms with Gasteiger partial charge in [0, 0.05) is 99.6 Å². The van der Waals surface area contributed by atoms with Crippen molar-refractivity contribution in [2.24, 2.45) is 0 Å². The highest BCUT2D eigenvalue weighted by Crippen LogP contribution is 2.40. The first-order valence-electron chi connectivity index (χ1n) is 44.2. The van der Waals surface area contributed by atoms with Gasteiger partial charge in [0.1, 0.15) is 28.7 Å². The van der Waals surface area contributed by atoms with Crippen molar-refractivity contribution in [2.75, 3.05) is 145 Å². The Bertz CT molecular complexity index is 5880. The van der Waals surface area contributed by atoms with E-state index in [-0.39, 0.29) is 62.6 Å². The van der Waals surface area contributed by atoms with Gasteiger partial charge in [-0.3, -0.25) is 55.4 Å². The summed E-state index contributed by atoms with van der Waals surface area (Å²) in [5.41, 5.74) is 13.7. The van der Waals surface area contributed by atoms with Crippen LogP contribution in [0.4, 0.5) is 25.7 Å². The lowest BCUT2D eigenvalue weighted by atomic mass is 10.1. The van der Waals surface area contributed by atoms with E-state index in [2.05, 4.69) is 73.4 Å². The van der Waals surface area contributed by atoms with Crippen LogP contribution in [0.1, 0.15) is 55.6 Å². The van der Waals surface area contributed by atoms with E-state index in [0.29, 0.717) is 112 Å². The average molecular weight is 2070 g/mol. The number of para-hydroxylation sites is 5. The number of anilines is 5. The predicted molar refractivity (Wildman–Crippen MR) is 562 cm³/mol. The van der Waals surface area contributed by atoms with Gasteiger partial charge in [0.15, 0.2) is 120 Å². The van der Waals surface area contributed by atoms with Crippen molar-refractivity contribution in [3.63, 3.8) is 0 Å². The van der Waals surface area contributed by atoms with E-state index in [0.717, 1.165) is 176 Å². The van der Waals surface area contributed by atoms with Crippen molar-refractivity contribution < 1.29 is 99.8 Å². The number of amides is 6. The van der Waals surface area contributed by atoms with Crippen LogP contribution in [0.15, 0.2) is 182 Å². The number of aromatic nitrogens is 10. The molecule has 145 heavy (non-hydrogen) atoms. The van der Waals surface area contributed by atoms with E-state index in [1.807, 2.05) is 191 Å². The van der Waals surface area contributed by atoms with Crippen molar-refractivity contribution in [3.05, 3.63) is 238 Å². The third-order valence-corrected chi connectivity index (χ3v) is 23.7. The molecule has 0 radical (unpaired) electrons. The minimum atomic E-state index is -0.294. The molecular weight excluding hydrogens is 1960 g/mol. The molecule has 37 nitrogen and oxygen atoms in total. The molecule has 10 aromatic carbocycles. The third-order valence-electron chi connectivity index (χ3n) is 20.6. The zero-order chi connectivity index (χ0) is 105. The van der Waals surface area contributed by atoms with Crippen LogP contribution in [0.2, 0.25) is 0 Å². The fourth-order valence-electron chi connectivity index (χ4n) is 13.4. The van der Waals surface area contributed by atoms with Gasteiger partial charge >= 0.3 is 0 Å². The van der Waals surface area contributed by atoms with Gasteiger partial charge in [-0.2, -0.15) is 46.8 Å². The number of ether oxygens (including phenoxy) is 15. The van der Waals surface area contributed by atoms with Crippen molar-refractivity contribution in [2.45, 2.75) is 69.2 Å². The van der Waals surface area contributed by atoms with Crippen molar-refractivity contribution in [1.29, 1.82) is 0 Å². The van der Waals surface area contributed by atoms with Crippen LogP contribution in [-0.4, -0.2) is 206 Å². The number of benzene rings is 10. The number of rotatable bonds is 36. The first-order chi connectivity index (χ1) is 69.8. The van der Waals surface area contributed by atoms with Gasteiger partial charge in [-0.25, -0.2) is 0 Å². The Kier molecular flexibility index (Phi) is 42.3. The fourth-order valence-corrected chi connectivity index (χ4v) is 16.5. The van der Waals surface area contributed by atoms with E-state index < -0.39 is 0 Å². The number of methoxy groups -OCH3 is 10. The maximum atomic E-state index is 12.2. The predicted octanol–water partition coefficient (Wildman–Crippen LogP) is 19.0. The Morgan fingerprint density at radius 3 is 0.524 bits per heavy atom. The second-order valence-corrected chi connectivity index (χ2v) is 35.1. The quantitative estimate of drug-likeness (QED) is 0.0228. The Morgan fingerprint density at radius 1 is 0.248 bits per heavy atom. The van der Waals surface area contributed by atoms with Crippen LogP contribution in [0, 0.1) is 69.2 Å². The second kappa shape index (κ2) is 55.3. The molecular formula is C103H112N16O21S5. The molecule has 0 bridgehead atoms. The molecule has 15 rings (SSSR count). The molecule has 0 atom stereocenters. The second-order valence-electron chi connectivity index (χ2n) is 31.3. The van der Waals surface area contributed by atoms with Gasteiger partial charge in [-0.1, -0.05) is 91.0 Å². The standard InChI is InChI=1S/5C20H21N3O4S.C3H7NO/c5*1-12-6-5-7-13(2)18(12)27-11-17(24)21-20-22-19(23-28-20)14-8-9-15(25-3)16(10-14)26-4;1-4(2)3-5/h5*5-10H,11H2,1-4H3,(H,21,22,23,24);3H,1-2H3. The normalized spacial score (nSPS) is 10.3. The maximum Gasteiger partial charge on any atom is 0.264 e. The molecule has 0 aliphatic carbocycles. The van der Waals surface area contributed by atoms with E-state index >= 15 is 0 Å². The van der Waals surface area contributed by atoms with Gasteiger partial charge in [-0.15, -0.1) is 0 Å². The van der Waals surface area contributed by atoms with Crippen LogP contribution in [0.25, 0.3) is 56.9 Å². The molecule has 5 heterocycles. The Hall–Kier alpha value is -16.2. The van der Waals surface area contributed by atoms with E-state index in [9.17, 15) is 28.8 Å². The van der Waals surface area contributed by atoms with Gasteiger partial charge in [-0.05, 0) is 216 Å². The lowest BCUT2D eigenvalue weighted by Crippen LogP contribution is -2.20. The van der Waals surface area contributed by atoms with Crippen LogP contribution >= 0.6 is 57.7 Å². The van der Waals surface area contributed by atoms with Crippen LogP contribution in [-0.2, 0) is 28.8 Å². The van der Waals surface area contributed by atoms with E-state index in [1.54, 1.807) is 146 Å². The smallest absolute Gasteiger partial charge is 0.264 e. The highest BCUT2D eigenvalue weighted by Gasteiger charge is 2.23. The van der Waals surface area contributed by atoms with E-state index in [1.165, 1.54) is 4.90 Å². The van der Waals surface area contributed by atoms with Crippen molar-refractivity contribution >= 4 is 119 Å². The summed E-state index contributed by atoms with van der Waals surface area (Å²) in [6.45, 7) is 18.9. The molecule has 0 saturated carbocycles. The minimum Gasteiger partial charge on any atom is -0.493 e. The summed E-state index contributed by atoms with van der Waals surface area (Å²) in [7, 11) is 19.1. The van der Waals surface area contributed by atoms with Crippen molar-refractivity contribution in [1.82, 2.24) is 51.7 Å². The summed E-state index contributed by atoms with van der Waals surface area (Å²) in [6, 6.07) is 56.2. The fraction of sp³-hybridized carbons (Fsp3) is 0.262. The van der Waals surface area contributed by atoms with E-state index in [4.69, 9.17) is 71.1 Å². The minimum absolute atomic E-state index is 0.100. The summed E-state index contributed by atoms with van der Waals surface area (Å²) < 4.78 is 102. The summed E-state index contributed by atoms with van der Waals surface area (Å²) in [6.07, 6.45) is 0.750. The molecule has 0 aliphatic rings. The highest BCUT2D eigenvalue weighted by atomic mass is 32.1. The monoisotopic (exact) mass is 2070 g/mol. The van der Waals surface area contributed by atoms with Crippen LogP contribution in [0.5, 0.6) is 86.2 Å². The number of carbonyl (C=O) groups excluding carboxylic acids is 6. The highest BCUT2D eigenvalue weighted by molar-refractivity contribution is 7.11. The lowest BCUT2D eigenvalue weighted by molar-refractivity contribution is -0.118. The molecule has 0 fully saturated rings. The molecule has 5 aromatic heterocycles. The maximum absolute atomic E-state index is 12.2. The zero-order valence-electron chi connectivity index (χ0n) is 84.0. The lowest BCUT2D eigenvalue weighted by Gasteiger charge is -2.11. The van der Waals surface area contributed by atoms with Crippen LogP contribution < -0.4 is 97.6 Å². The Morgan fingerprint density at radius 2 is 0.393 bits per heavy atom. The summed E-state index contributed by atoms with van der Waals surface area (Å²) >= 11 is 5.52. The average Bonchev–Trinajstić information content (AvgIpc) is 1.78. The first-order valence-corrected chi connectivity index (χ1v) is 48.1. The largest absolute Gasteiger partial charge is 0.493 e. The molecule has 0 unspecified atom stereocenters. The number of nitrogens with one attached hydrogen (secondary N) is 5. The number of hydrogen-bond acceptors (Lipinski definition) is 36. The molecule has 15 aromatic rings. The Labute approximate surface area is 860 Å². The molecule has 0 spiro atoms. The third kappa shape index (κ3) is 32.2. The summed E-state index contributed by atoms with van der Waals surface area (Å²) in [4.78, 5) is 93.7. The molecule has 42 heteroatoms. The SMILES string of the molecule is CN(C)C=O.COc1ccc(-c2nsc(NC(=O)COc3c(C)cccc3C)n2)cc1OC.COc1ccc(-c2nsc(NC(=O)COc3c(C)cccc3C)n2)cc1OC.COc1ccc(-c2nsc(NC(=O)COc3c(C)cccc3C)n2)cc1OC.COc1ccc(-c2nsc(NC(=O)COc3c(C)cccc3C)n2)cc1OC.COc1ccc(-c2nsc(NC(=O)COc3c(C)cccc3C)n2)cc1OC. The number of carbonyl (C=O) groups is 6. The molecule has 5 N–H and O–H groups in total. The van der Waals surface area contributed by atoms with Gasteiger partial charge in [0.05, 0.1) is 71.1 Å². The number of hydrogen-bond donors (Lipinski definition) is 5.